The summed E-state index contributed by atoms with van der Waals surface area (Å²) in [6, 6.07) is 10.6. The summed E-state index contributed by atoms with van der Waals surface area (Å²) in [5, 5.41) is 10.4. The van der Waals surface area contributed by atoms with Crippen LogP contribution in [-0.4, -0.2) is 61.5 Å². The highest BCUT2D eigenvalue weighted by atomic mass is 35.5. The first kappa shape index (κ1) is 26.5. The average Bonchev–Trinajstić information content (AvgIpc) is 2.67. The fourth-order valence-corrected chi connectivity index (χ4v) is 4.52. The number of rotatable bonds is 6. The van der Waals surface area contributed by atoms with Gasteiger partial charge in [0.25, 0.3) is 0 Å². The number of halogens is 2. The molecule has 0 spiro atoms. The van der Waals surface area contributed by atoms with E-state index in [-0.39, 0.29) is 30.9 Å². The third-order valence-electron chi connectivity index (χ3n) is 6.39. The largest absolute Gasteiger partial charge is 0.389 e. The number of hydrogen-bond acceptors (Lipinski definition) is 4. The number of ether oxygens (including phenoxy) is 1. The van der Waals surface area contributed by atoms with E-state index in [1.54, 1.807) is 0 Å². The zero-order valence-corrected chi connectivity index (χ0v) is 19.9. The first-order valence-electron chi connectivity index (χ1n) is 10.7. The summed E-state index contributed by atoms with van der Waals surface area (Å²) in [4.78, 5) is 4.79. The molecule has 0 amide bonds. The second-order valence-corrected chi connectivity index (χ2v) is 9.45. The zero-order chi connectivity index (χ0) is 19.3. The Morgan fingerprint density at radius 1 is 0.966 bits per heavy atom. The van der Waals surface area contributed by atoms with Crippen molar-refractivity contribution >= 4 is 30.5 Å². The van der Waals surface area contributed by atoms with Crippen molar-refractivity contribution in [3.63, 3.8) is 0 Å². The van der Waals surface area contributed by atoms with Gasteiger partial charge < -0.3 is 14.7 Å². The molecule has 1 saturated heterocycles. The summed E-state index contributed by atoms with van der Waals surface area (Å²) in [7, 11) is 0. The number of β-amino-alcohol motifs (C(OH)–C–C–N with tert-alkyl or cyclic N) is 1. The molecule has 1 aliphatic carbocycles. The first-order chi connectivity index (χ1) is 12.9. The molecule has 4 nitrogen and oxygen atoms in total. The molecule has 1 unspecified atom stereocenters. The van der Waals surface area contributed by atoms with Crippen LogP contribution < -0.4 is 4.90 Å². The van der Waals surface area contributed by atoms with Crippen LogP contribution in [0.15, 0.2) is 30.3 Å². The van der Waals surface area contributed by atoms with E-state index in [4.69, 9.17) is 4.74 Å². The Labute approximate surface area is 189 Å². The molecule has 1 aromatic carbocycles. The number of aliphatic hydroxyl groups excluding tert-OH is 1. The molecule has 3 rings (SSSR count). The van der Waals surface area contributed by atoms with Gasteiger partial charge in [-0.15, -0.1) is 24.8 Å². The third kappa shape index (κ3) is 8.26. The van der Waals surface area contributed by atoms with Gasteiger partial charge in [0, 0.05) is 38.4 Å². The molecule has 1 heterocycles. The number of nitrogens with zero attached hydrogens (tertiary/aromatic N) is 2. The molecular formula is C23H40Cl2N2O2. The van der Waals surface area contributed by atoms with Gasteiger partial charge in [0.1, 0.15) is 0 Å². The van der Waals surface area contributed by atoms with Gasteiger partial charge in [0.15, 0.2) is 0 Å². The quantitative estimate of drug-likeness (QED) is 0.690. The smallest absolute Gasteiger partial charge is 0.0900 e. The van der Waals surface area contributed by atoms with Crippen LogP contribution in [0.3, 0.4) is 0 Å². The molecule has 1 saturated carbocycles. The molecule has 29 heavy (non-hydrogen) atoms. The van der Waals surface area contributed by atoms with Crippen LogP contribution in [0.4, 0.5) is 5.69 Å². The van der Waals surface area contributed by atoms with Crippen LogP contribution >= 0.6 is 24.8 Å². The summed E-state index contributed by atoms with van der Waals surface area (Å²) >= 11 is 0. The molecule has 168 valence electrons. The monoisotopic (exact) mass is 446 g/mol. The second-order valence-electron chi connectivity index (χ2n) is 9.45. The second kappa shape index (κ2) is 12.4. The number of anilines is 1. The van der Waals surface area contributed by atoms with Crippen molar-refractivity contribution in [1.82, 2.24) is 4.90 Å². The lowest BCUT2D eigenvalue weighted by atomic mass is 9.72. The Kier molecular flexibility index (Phi) is 11.3. The highest BCUT2D eigenvalue weighted by molar-refractivity contribution is 5.85. The Hall–Kier alpha value is -0.520. The fraction of sp³-hybridized carbons (Fsp3) is 0.739. The van der Waals surface area contributed by atoms with E-state index in [1.165, 1.54) is 18.5 Å². The highest BCUT2D eigenvalue weighted by Gasteiger charge is 2.30. The molecule has 0 aromatic heterocycles. The summed E-state index contributed by atoms with van der Waals surface area (Å²) in [5.41, 5.74) is 1.71. The van der Waals surface area contributed by atoms with Gasteiger partial charge in [-0.2, -0.15) is 0 Å². The standard InChI is InChI=1S/C23H38N2O2.2ClH/c1-23(2,3)19-9-11-22(12-10-19)27-18-21(26)17-24-13-15-25(16-14-24)20-7-5-4-6-8-20;;/h4-8,19,21-22,26H,9-18H2,1-3H3;2*1H. The van der Waals surface area contributed by atoms with Gasteiger partial charge >= 0.3 is 0 Å². The third-order valence-corrected chi connectivity index (χ3v) is 6.39. The van der Waals surface area contributed by atoms with E-state index >= 15 is 0 Å². The molecule has 1 N–H and O–H groups in total. The van der Waals surface area contributed by atoms with Gasteiger partial charge in [0.2, 0.25) is 0 Å². The van der Waals surface area contributed by atoms with E-state index in [1.807, 2.05) is 0 Å². The number of hydrogen-bond donors (Lipinski definition) is 1. The van der Waals surface area contributed by atoms with E-state index in [9.17, 15) is 5.11 Å². The summed E-state index contributed by atoms with van der Waals surface area (Å²) in [6.45, 7) is 12.3. The van der Waals surface area contributed by atoms with E-state index in [2.05, 4.69) is 60.9 Å². The van der Waals surface area contributed by atoms with Gasteiger partial charge in [0.05, 0.1) is 18.8 Å². The lowest BCUT2D eigenvalue weighted by molar-refractivity contribution is -0.0446. The Balaban J connectivity index is 0.00000210. The molecule has 6 heteroatoms. The van der Waals surface area contributed by atoms with Crippen molar-refractivity contribution in [3.05, 3.63) is 30.3 Å². The lowest BCUT2D eigenvalue weighted by Crippen LogP contribution is -2.49. The van der Waals surface area contributed by atoms with Crippen LogP contribution in [0.5, 0.6) is 0 Å². The van der Waals surface area contributed by atoms with Crippen LogP contribution in [0.2, 0.25) is 0 Å². The van der Waals surface area contributed by atoms with Crippen molar-refractivity contribution in [3.8, 4) is 0 Å². The Bertz CT molecular complexity index is 552. The maximum atomic E-state index is 10.4. The molecule has 2 fully saturated rings. The summed E-state index contributed by atoms with van der Waals surface area (Å²) in [5.74, 6) is 0.809. The maximum Gasteiger partial charge on any atom is 0.0900 e. The highest BCUT2D eigenvalue weighted by Crippen LogP contribution is 2.38. The van der Waals surface area contributed by atoms with Crippen LogP contribution in [0, 0.1) is 11.3 Å². The maximum absolute atomic E-state index is 10.4. The first-order valence-corrected chi connectivity index (χ1v) is 10.7. The van der Waals surface area contributed by atoms with E-state index < -0.39 is 0 Å². The Morgan fingerprint density at radius 2 is 1.55 bits per heavy atom. The predicted molar refractivity (Wildman–Crippen MR) is 127 cm³/mol. The van der Waals surface area contributed by atoms with Gasteiger partial charge in [-0.05, 0) is 49.1 Å². The molecule has 1 atom stereocenters. The van der Waals surface area contributed by atoms with Crippen LogP contribution in [0.25, 0.3) is 0 Å². The van der Waals surface area contributed by atoms with Gasteiger partial charge in [-0.3, -0.25) is 4.90 Å². The average molecular weight is 447 g/mol. The number of para-hydroxylation sites is 1. The molecule has 1 aliphatic heterocycles. The minimum absolute atomic E-state index is 0. The van der Waals surface area contributed by atoms with Crippen molar-refractivity contribution in [1.29, 1.82) is 0 Å². The number of aliphatic hydroxyl groups is 1. The predicted octanol–water partition coefficient (Wildman–Crippen LogP) is 4.63. The molecule has 0 radical (unpaired) electrons. The lowest BCUT2D eigenvalue weighted by Gasteiger charge is -2.38. The molecule has 0 bridgehead atoms. The molecule has 2 aliphatic rings. The van der Waals surface area contributed by atoms with Crippen molar-refractivity contribution in [2.45, 2.75) is 58.7 Å². The fourth-order valence-electron chi connectivity index (χ4n) is 4.52. The van der Waals surface area contributed by atoms with Crippen molar-refractivity contribution < 1.29 is 9.84 Å². The van der Waals surface area contributed by atoms with Crippen LogP contribution in [0.1, 0.15) is 46.5 Å². The summed E-state index contributed by atoms with van der Waals surface area (Å²) < 4.78 is 6.05. The van der Waals surface area contributed by atoms with Crippen molar-refractivity contribution in [2.24, 2.45) is 11.3 Å². The number of piperazine rings is 1. The normalized spacial score (nSPS) is 24.3. The minimum atomic E-state index is -0.381. The zero-order valence-electron chi connectivity index (χ0n) is 18.3. The SMILES string of the molecule is CC(C)(C)C1CCC(OCC(O)CN2CCN(c3ccccc3)CC2)CC1.Cl.Cl. The molecule has 1 aromatic rings. The minimum Gasteiger partial charge on any atom is -0.389 e. The van der Waals surface area contributed by atoms with Gasteiger partial charge in [-0.1, -0.05) is 39.0 Å². The van der Waals surface area contributed by atoms with Crippen LogP contribution in [-0.2, 0) is 4.74 Å². The van der Waals surface area contributed by atoms with Crippen molar-refractivity contribution in [2.75, 3.05) is 44.2 Å². The summed E-state index contributed by atoms with van der Waals surface area (Å²) in [6.07, 6.45) is 4.76. The Morgan fingerprint density at radius 3 is 2.10 bits per heavy atom. The van der Waals surface area contributed by atoms with Gasteiger partial charge in [-0.25, -0.2) is 0 Å². The molecular weight excluding hydrogens is 407 g/mol. The van der Waals surface area contributed by atoms with E-state index in [0.717, 1.165) is 51.5 Å². The topological polar surface area (TPSA) is 35.9 Å². The number of benzene rings is 1. The van der Waals surface area contributed by atoms with E-state index in [0.29, 0.717) is 18.1 Å².